The van der Waals surface area contributed by atoms with Crippen LogP contribution in [0.1, 0.15) is 34.7 Å². The van der Waals surface area contributed by atoms with E-state index in [1.807, 2.05) is 12.1 Å². The van der Waals surface area contributed by atoms with Gasteiger partial charge in [0.15, 0.2) is 0 Å². The van der Waals surface area contributed by atoms with Crippen LogP contribution in [0.25, 0.3) is 17.0 Å². The van der Waals surface area contributed by atoms with Gasteiger partial charge in [-0.3, -0.25) is 4.90 Å². The molecule has 1 aliphatic rings. The highest BCUT2D eigenvalue weighted by atomic mass is 16.5. The lowest BCUT2D eigenvalue weighted by molar-refractivity contribution is -0.134. The van der Waals surface area contributed by atoms with Crippen LogP contribution in [0.3, 0.4) is 0 Å². The maximum atomic E-state index is 11.3. The number of hydrogen-bond donors (Lipinski definition) is 2. The molecule has 0 saturated heterocycles. The Kier molecular flexibility index (Phi) is 6.31. The first-order valence-corrected chi connectivity index (χ1v) is 10.5. The van der Waals surface area contributed by atoms with Gasteiger partial charge in [0.05, 0.1) is 13.7 Å². The molecule has 1 heterocycles. The summed E-state index contributed by atoms with van der Waals surface area (Å²) in [6, 6.07) is 15.1. The molecule has 1 unspecified atom stereocenters. The van der Waals surface area contributed by atoms with Crippen LogP contribution >= 0.6 is 0 Å². The number of aliphatic hydroxyl groups is 1. The lowest BCUT2D eigenvalue weighted by atomic mass is 10.0. The second-order valence-electron chi connectivity index (χ2n) is 7.74. The van der Waals surface area contributed by atoms with Crippen LogP contribution in [0.15, 0.2) is 54.7 Å². The number of aliphatic hydroxyl groups excluding tert-OH is 1. The SMILES string of the molecule is COC(=O)C=Cc1ccc2c(c1)CCC2N(CCO)CCc1c[nH]c2ccccc12. The predicted octanol–water partition coefficient (Wildman–Crippen LogP) is 3.88. The summed E-state index contributed by atoms with van der Waals surface area (Å²) >= 11 is 0. The smallest absolute Gasteiger partial charge is 0.330 e. The molecule has 0 saturated carbocycles. The van der Waals surface area contributed by atoms with Crippen molar-refractivity contribution in [2.75, 3.05) is 26.8 Å². The summed E-state index contributed by atoms with van der Waals surface area (Å²) in [5, 5.41) is 10.9. The number of esters is 1. The largest absolute Gasteiger partial charge is 0.466 e. The highest BCUT2D eigenvalue weighted by Crippen LogP contribution is 2.36. The standard InChI is InChI=1S/C25H28N2O3/c1-30-25(29)11-7-18-6-9-22-19(16-18)8-10-24(22)27(14-15-28)13-12-20-17-26-23-5-3-2-4-21(20)23/h2-7,9,11,16-17,24,26,28H,8,10,12-15H2,1H3. The number of fused-ring (bicyclic) bond motifs is 2. The number of benzene rings is 2. The molecule has 5 nitrogen and oxygen atoms in total. The van der Waals surface area contributed by atoms with Gasteiger partial charge in [-0.2, -0.15) is 0 Å². The molecule has 0 amide bonds. The minimum Gasteiger partial charge on any atom is -0.466 e. The zero-order chi connectivity index (χ0) is 20.9. The van der Waals surface area contributed by atoms with E-state index in [2.05, 4.69) is 51.1 Å². The average Bonchev–Trinajstić information content (AvgIpc) is 3.39. The molecule has 0 radical (unpaired) electrons. The van der Waals surface area contributed by atoms with E-state index in [0.717, 1.165) is 31.4 Å². The van der Waals surface area contributed by atoms with Crippen molar-refractivity contribution in [3.8, 4) is 0 Å². The van der Waals surface area contributed by atoms with Crippen LogP contribution in [0.5, 0.6) is 0 Å². The maximum absolute atomic E-state index is 11.3. The number of nitrogens with one attached hydrogen (secondary N) is 1. The molecule has 5 heteroatoms. The average molecular weight is 405 g/mol. The van der Waals surface area contributed by atoms with Crippen LogP contribution in [-0.2, 0) is 22.4 Å². The number of H-pyrrole nitrogens is 1. The Morgan fingerprint density at radius 1 is 1.27 bits per heavy atom. The Hall–Kier alpha value is -2.89. The van der Waals surface area contributed by atoms with Crippen molar-refractivity contribution in [1.82, 2.24) is 9.88 Å². The van der Waals surface area contributed by atoms with Gasteiger partial charge in [-0.1, -0.05) is 36.4 Å². The first kappa shape index (κ1) is 20.4. The summed E-state index contributed by atoms with van der Waals surface area (Å²) < 4.78 is 4.67. The molecule has 0 aliphatic heterocycles. The fourth-order valence-corrected chi connectivity index (χ4v) is 4.48. The highest BCUT2D eigenvalue weighted by molar-refractivity contribution is 5.87. The topological polar surface area (TPSA) is 65.6 Å². The van der Waals surface area contributed by atoms with Crippen molar-refractivity contribution in [2.45, 2.75) is 25.3 Å². The molecule has 156 valence electrons. The lowest BCUT2D eigenvalue weighted by Crippen LogP contribution is -2.32. The van der Waals surface area contributed by atoms with Crippen LogP contribution in [-0.4, -0.2) is 47.8 Å². The van der Waals surface area contributed by atoms with Gasteiger partial charge in [0, 0.05) is 42.3 Å². The van der Waals surface area contributed by atoms with Crippen molar-refractivity contribution < 1.29 is 14.6 Å². The van der Waals surface area contributed by atoms with Gasteiger partial charge < -0.3 is 14.8 Å². The van der Waals surface area contributed by atoms with Gasteiger partial charge in [-0.05, 0) is 53.7 Å². The second kappa shape index (κ2) is 9.28. The van der Waals surface area contributed by atoms with Crippen molar-refractivity contribution in [3.05, 3.63) is 77.0 Å². The van der Waals surface area contributed by atoms with Crippen LogP contribution in [0.4, 0.5) is 0 Å². The summed E-state index contributed by atoms with van der Waals surface area (Å²) in [6.45, 7) is 1.71. The number of rotatable bonds is 8. The molecule has 4 rings (SSSR count). The number of aromatic nitrogens is 1. The zero-order valence-corrected chi connectivity index (χ0v) is 17.3. The summed E-state index contributed by atoms with van der Waals surface area (Å²) in [7, 11) is 1.38. The van der Waals surface area contributed by atoms with Crippen molar-refractivity contribution in [3.63, 3.8) is 0 Å². The minimum absolute atomic E-state index is 0.152. The van der Waals surface area contributed by atoms with Crippen LogP contribution in [0.2, 0.25) is 0 Å². The number of carbonyl (C=O) groups excluding carboxylic acids is 1. The quantitative estimate of drug-likeness (QED) is 0.442. The summed E-state index contributed by atoms with van der Waals surface area (Å²) in [6.07, 6.45) is 8.35. The summed E-state index contributed by atoms with van der Waals surface area (Å²) in [5.41, 5.74) is 6.14. The fraction of sp³-hybridized carbons (Fsp3) is 0.320. The van der Waals surface area contributed by atoms with Gasteiger partial charge in [-0.15, -0.1) is 0 Å². The van der Waals surface area contributed by atoms with E-state index in [0.29, 0.717) is 12.6 Å². The van der Waals surface area contributed by atoms with E-state index in [1.165, 1.54) is 40.8 Å². The van der Waals surface area contributed by atoms with E-state index in [-0.39, 0.29) is 12.6 Å². The Morgan fingerprint density at radius 2 is 2.13 bits per heavy atom. The minimum atomic E-state index is -0.347. The molecule has 0 fully saturated rings. The van der Waals surface area contributed by atoms with E-state index in [4.69, 9.17) is 0 Å². The fourth-order valence-electron chi connectivity index (χ4n) is 4.48. The molecule has 2 N–H and O–H groups in total. The monoisotopic (exact) mass is 404 g/mol. The van der Waals surface area contributed by atoms with E-state index in [1.54, 1.807) is 6.08 Å². The highest BCUT2D eigenvalue weighted by Gasteiger charge is 2.27. The number of hydrogen-bond acceptors (Lipinski definition) is 4. The number of carbonyl (C=O) groups is 1. The Bertz CT molecular complexity index is 1050. The molecule has 30 heavy (non-hydrogen) atoms. The summed E-state index contributed by atoms with van der Waals surface area (Å²) in [4.78, 5) is 17.1. The van der Waals surface area contributed by atoms with Gasteiger partial charge in [-0.25, -0.2) is 4.79 Å². The van der Waals surface area contributed by atoms with E-state index < -0.39 is 0 Å². The number of aromatic amines is 1. The second-order valence-corrected chi connectivity index (χ2v) is 7.74. The third-order valence-corrected chi connectivity index (χ3v) is 6.00. The normalized spacial score (nSPS) is 15.9. The first-order valence-electron chi connectivity index (χ1n) is 10.5. The van der Waals surface area contributed by atoms with Crippen LogP contribution in [0, 0.1) is 0 Å². The predicted molar refractivity (Wildman–Crippen MR) is 119 cm³/mol. The third-order valence-electron chi connectivity index (χ3n) is 6.00. The Labute approximate surface area is 177 Å². The molecule has 0 bridgehead atoms. The Balaban J connectivity index is 1.49. The zero-order valence-electron chi connectivity index (χ0n) is 17.3. The molecule has 0 spiro atoms. The molecular formula is C25H28N2O3. The van der Waals surface area contributed by atoms with Crippen LogP contribution < -0.4 is 0 Å². The van der Waals surface area contributed by atoms with E-state index in [9.17, 15) is 9.90 Å². The van der Waals surface area contributed by atoms with Gasteiger partial charge in [0.2, 0.25) is 0 Å². The molecule has 1 aromatic heterocycles. The number of para-hydroxylation sites is 1. The maximum Gasteiger partial charge on any atom is 0.330 e. The molecule has 3 aromatic rings. The van der Waals surface area contributed by atoms with Gasteiger partial charge >= 0.3 is 5.97 Å². The lowest BCUT2D eigenvalue weighted by Gasteiger charge is -2.29. The van der Waals surface area contributed by atoms with Crippen molar-refractivity contribution in [1.29, 1.82) is 0 Å². The van der Waals surface area contributed by atoms with Gasteiger partial charge in [0.1, 0.15) is 0 Å². The van der Waals surface area contributed by atoms with Gasteiger partial charge in [0.25, 0.3) is 0 Å². The molecule has 1 aliphatic carbocycles. The molecule has 1 atom stereocenters. The third kappa shape index (κ3) is 4.32. The Morgan fingerprint density at radius 3 is 2.97 bits per heavy atom. The van der Waals surface area contributed by atoms with E-state index >= 15 is 0 Å². The number of nitrogens with zero attached hydrogens (tertiary/aromatic N) is 1. The number of aryl methyl sites for hydroxylation is 1. The number of methoxy groups -OCH3 is 1. The van der Waals surface area contributed by atoms with Crippen molar-refractivity contribution in [2.24, 2.45) is 0 Å². The van der Waals surface area contributed by atoms with Crippen molar-refractivity contribution >= 4 is 22.9 Å². The number of ether oxygens (including phenoxy) is 1. The summed E-state index contributed by atoms with van der Waals surface area (Å²) in [5.74, 6) is -0.347. The molecular weight excluding hydrogens is 376 g/mol. The first-order chi connectivity index (χ1) is 14.7. The molecule has 2 aromatic carbocycles.